The Hall–Kier alpha value is -0.810. The van der Waals surface area contributed by atoms with Gasteiger partial charge in [-0.15, -0.1) is 5.92 Å². The molecule has 1 heterocycles. The van der Waals surface area contributed by atoms with Gasteiger partial charge in [-0.2, -0.15) is 0 Å². The van der Waals surface area contributed by atoms with Gasteiger partial charge in [0.15, 0.2) is 0 Å². The molecule has 0 spiro atoms. The van der Waals surface area contributed by atoms with Crippen molar-refractivity contribution in [3.63, 3.8) is 0 Å². The minimum absolute atomic E-state index is 0.111. The molecule has 1 saturated heterocycles. The lowest BCUT2D eigenvalue weighted by molar-refractivity contribution is -0.125. The maximum absolute atomic E-state index is 11.4. The van der Waals surface area contributed by atoms with Crippen LogP contribution in [0, 0.1) is 17.8 Å². The topological polar surface area (TPSA) is 26.3 Å². The molecular weight excluding hydrogens is 152 g/mol. The summed E-state index contributed by atoms with van der Waals surface area (Å²) in [6, 6.07) is 0. The second kappa shape index (κ2) is 4.95. The molecule has 1 atom stereocenters. The average Bonchev–Trinajstić information content (AvgIpc) is 2.15. The molecule has 0 saturated carbocycles. The van der Waals surface area contributed by atoms with Crippen LogP contribution < -0.4 is 0 Å². The van der Waals surface area contributed by atoms with Crippen molar-refractivity contribution >= 4 is 5.78 Å². The Morgan fingerprint density at radius 3 is 3.08 bits per heavy atom. The predicted molar refractivity (Wildman–Crippen MR) is 46.6 cm³/mol. The molecule has 1 rings (SSSR count). The number of carbonyl (C=O) groups excluding carboxylic acids is 1. The van der Waals surface area contributed by atoms with Crippen molar-refractivity contribution in [2.45, 2.75) is 26.2 Å². The molecule has 0 aromatic heterocycles. The van der Waals surface area contributed by atoms with Gasteiger partial charge >= 0.3 is 0 Å². The number of ketones is 1. The summed E-state index contributed by atoms with van der Waals surface area (Å²) in [7, 11) is 0. The van der Waals surface area contributed by atoms with E-state index >= 15 is 0 Å². The molecule has 0 radical (unpaired) electrons. The Kier molecular flexibility index (Phi) is 3.83. The molecule has 2 heteroatoms. The fraction of sp³-hybridized carbons (Fsp3) is 0.700. The Bertz CT molecular complexity index is 204. The number of ether oxygens (including phenoxy) is 1. The van der Waals surface area contributed by atoms with Crippen molar-refractivity contribution < 1.29 is 9.53 Å². The predicted octanol–water partition coefficient (Wildman–Crippen LogP) is 1.40. The normalized spacial score (nSPS) is 22.6. The van der Waals surface area contributed by atoms with Crippen LogP contribution in [-0.2, 0) is 9.53 Å². The summed E-state index contributed by atoms with van der Waals surface area (Å²) in [5, 5.41) is 0. The minimum atomic E-state index is 0.111. The third-order valence-corrected chi connectivity index (χ3v) is 2.06. The van der Waals surface area contributed by atoms with E-state index in [4.69, 9.17) is 4.74 Å². The van der Waals surface area contributed by atoms with Gasteiger partial charge in [-0.3, -0.25) is 4.79 Å². The fourth-order valence-electron chi connectivity index (χ4n) is 1.31. The van der Waals surface area contributed by atoms with E-state index in [1.165, 1.54) is 0 Å². The highest BCUT2D eigenvalue weighted by molar-refractivity contribution is 5.83. The van der Waals surface area contributed by atoms with E-state index < -0.39 is 0 Å². The molecule has 2 nitrogen and oxygen atoms in total. The van der Waals surface area contributed by atoms with E-state index in [-0.39, 0.29) is 11.7 Å². The van der Waals surface area contributed by atoms with Crippen LogP contribution in [0.5, 0.6) is 0 Å². The van der Waals surface area contributed by atoms with Crippen LogP contribution in [0.4, 0.5) is 0 Å². The van der Waals surface area contributed by atoms with Crippen LogP contribution in [0.15, 0.2) is 0 Å². The van der Waals surface area contributed by atoms with E-state index in [0.717, 1.165) is 19.4 Å². The summed E-state index contributed by atoms with van der Waals surface area (Å²) < 4.78 is 5.21. The fourth-order valence-corrected chi connectivity index (χ4v) is 1.31. The first-order chi connectivity index (χ1) is 5.84. The summed E-state index contributed by atoms with van der Waals surface area (Å²) in [6.07, 6.45) is 2.38. The first-order valence-corrected chi connectivity index (χ1v) is 4.34. The highest BCUT2D eigenvalue weighted by Crippen LogP contribution is 2.15. The van der Waals surface area contributed by atoms with Gasteiger partial charge < -0.3 is 4.74 Å². The maximum atomic E-state index is 11.4. The Balaban J connectivity index is 2.33. The first kappa shape index (κ1) is 9.28. The molecule has 0 aromatic carbocycles. The van der Waals surface area contributed by atoms with Gasteiger partial charge in [0.05, 0.1) is 13.0 Å². The third-order valence-electron chi connectivity index (χ3n) is 2.06. The number of carbonyl (C=O) groups is 1. The van der Waals surface area contributed by atoms with Gasteiger partial charge in [0.2, 0.25) is 0 Å². The zero-order valence-corrected chi connectivity index (χ0v) is 7.43. The van der Waals surface area contributed by atoms with E-state index in [1.54, 1.807) is 6.92 Å². The number of rotatable bonds is 2. The van der Waals surface area contributed by atoms with Crippen molar-refractivity contribution in [2.24, 2.45) is 5.92 Å². The molecule has 0 aliphatic carbocycles. The monoisotopic (exact) mass is 166 g/mol. The molecule has 66 valence electrons. The van der Waals surface area contributed by atoms with Crippen LogP contribution in [0.1, 0.15) is 26.2 Å². The van der Waals surface area contributed by atoms with Crippen molar-refractivity contribution in [3.05, 3.63) is 0 Å². The van der Waals surface area contributed by atoms with Crippen LogP contribution in [0.3, 0.4) is 0 Å². The van der Waals surface area contributed by atoms with Gasteiger partial charge in [0.1, 0.15) is 5.78 Å². The van der Waals surface area contributed by atoms with Crippen molar-refractivity contribution in [3.8, 4) is 11.8 Å². The van der Waals surface area contributed by atoms with Crippen LogP contribution in [0.25, 0.3) is 0 Å². The smallest absolute Gasteiger partial charge is 0.150 e. The van der Waals surface area contributed by atoms with Crippen molar-refractivity contribution in [2.75, 3.05) is 13.2 Å². The van der Waals surface area contributed by atoms with Crippen molar-refractivity contribution in [1.29, 1.82) is 0 Å². The molecule has 0 amide bonds. The lowest BCUT2D eigenvalue weighted by Gasteiger charge is -2.19. The van der Waals surface area contributed by atoms with E-state index in [9.17, 15) is 4.79 Å². The standard InChI is InChI=1S/C10H14O2/c1-2-3-6-10(11)9-5-4-7-12-8-9/h9H,4-8H2,1H3. The summed E-state index contributed by atoms with van der Waals surface area (Å²) in [6.45, 7) is 3.16. The van der Waals surface area contributed by atoms with Crippen molar-refractivity contribution in [1.82, 2.24) is 0 Å². The van der Waals surface area contributed by atoms with Gasteiger partial charge in [-0.1, -0.05) is 5.92 Å². The van der Waals surface area contributed by atoms with Gasteiger partial charge in [0.25, 0.3) is 0 Å². The summed E-state index contributed by atoms with van der Waals surface area (Å²) in [5.74, 6) is 5.87. The molecule has 1 aliphatic heterocycles. The molecule has 1 unspecified atom stereocenters. The lowest BCUT2D eigenvalue weighted by Crippen LogP contribution is -2.24. The Morgan fingerprint density at radius 1 is 1.67 bits per heavy atom. The molecule has 12 heavy (non-hydrogen) atoms. The molecule has 1 fully saturated rings. The van der Waals surface area contributed by atoms with Crippen LogP contribution in [-0.4, -0.2) is 19.0 Å². The number of hydrogen-bond donors (Lipinski definition) is 0. The number of hydrogen-bond acceptors (Lipinski definition) is 2. The Morgan fingerprint density at radius 2 is 2.50 bits per heavy atom. The zero-order valence-electron chi connectivity index (χ0n) is 7.43. The lowest BCUT2D eigenvalue weighted by atomic mass is 9.96. The molecule has 1 aliphatic rings. The summed E-state index contributed by atoms with van der Waals surface area (Å²) in [4.78, 5) is 11.4. The number of Topliss-reactive ketones (excluding diaryl/α,β-unsaturated/α-hetero) is 1. The quantitative estimate of drug-likeness (QED) is 0.579. The SMILES string of the molecule is CC#CCC(=O)C1CCCOC1. The average molecular weight is 166 g/mol. The van der Waals surface area contributed by atoms with Gasteiger partial charge in [-0.05, 0) is 19.8 Å². The molecule has 0 aromatic rings. The Labute approximate surface area is 73.3 Å². The highest BCUT2D eigenvalue weighted by atomic mass is 16.5. The molecule has 0 N–H and O–H groups in total. The summed E-state index contributed by atoms with van der Waals surface area (Å²) in [5.41, 5.74) is 0. The first-order valence-electron chi connectivity index (χ1n) is 4.34. The maximum Gasteiger partial charge on any atom is 0.150 e. The van der Waals surface area contributed by atoms with E-state index in [1.807, 2.05) is 0 Å². The minimum Gasteiger partial charge on any atom is -0.381 e. The van der Waals surface area contributed by atoms with E-state index in [2.05, 4.69) is 11.8 Å². The van der Waals surface area contributed by atoms with Gasteiger partial charge in [0, 0.05) is 12.5 Å². The zero-order chi connectivity index (χ0) is 8.81. The van der Waals surface area contributed by atoms with Crippen LogP contribution in [0.2, 0.25) is 0 Å². The third kappa shape index (κ3) is 2.67. The van der Waals surface area contributed by atoms with Crippen LogP contribution >= 0.6 is 0 Å². The molecule has 0 bridgehead atoms. The molecular formula is C10H14O2. The highest BCUT2D eigenvalue weighted by Gasteiger charge is 2.20. The second-order valence-corrected chi connectivity index (χ2v) is 2.98. The van der Waals surface area contributed by atoms with E-state index in [0.29, 0.717) is 13.0 Å². The summed E-state index contributed by atoms with van der Waals surface area (Å²) >= 11 is 0. The van der Waals surface area contributed by atoms with Gasteiger partial charge in [-0.25, -0.2) is 0 Å². The largest absolute Gasteiger partial charge is 0.381 e. The second-order valence-electron chi connectivity index (χ2n) is 2.98.